The fourth-order valence-corrected chi connectivity index (χ4v) is 3.91. The molecule has 2 N–H and O–H groups in total. The number of nitrogens with two attached hydrogens (primary N) is 1. The SMILES string of the molecule is Cn1cnc(-c2cnc(O[C@H]3CCN(C(=O)Cc4ccc(OC(F)(F)F)cc4)C[C@H]3F)c(C(N)=O)c2)c1. The summed E-state index contributed by atoms with van der Waals surface area (Å²) >= 11 is 0. The van der Waals surface area contributed by atoms with Gasteiger partial charge in [-0.3, -0.25) is 9.59 Å². The van der Waals surface area contributed by atoms with Gasteiger partial charge in [0.15, 0.2) is 6.17 Å². The van der Waals surface area contributed by atoms with Crippen molar-refractivity contribution >= 4 is 11.8 Å². The number of aryl methyl sites for hydroxylation is 1. The van der Waals surface area contributed by atoms with Gasteiger partial charge in [-0.2, -0.15) is 0 Å². The Bertz CT molecular complexity index is 1280. The van der Waals surface area contributed by atoms with Gasteiger partial charge in [0.05, 0.1) is 25.0 Å². The molecule has 37 heavy (non-hydrogen) atoms. The third-order valence-corrected chi connectivity index (χ3v) is 5.73. The molecule has 1 saturated heterocycles. The molecule has 1 fully saturated rings. The summed E-state index contributed by atoms with van der Waals surface area (Å²) in [5, 5.41) is 0. The number of nitrogens with zero attached hydrogens (tertiary/aromatic N) is 4. The van der Waals surface area contributed by atoms with Crippen molar-refractivity contribution < 1.29 is 36.6 Å². The molecule has 0 aliphatic carbocycles. The Morgan fingerprint density at radius 2 is 1.92 bits per heavy atom. The molecule has 0 saturated carbocycles. The van der Waals surface area contributed by atoms with Crippen molar-refractivity contribution in [3.8, 4) is 22.9 Å². The highest BCUT2D eigenvalue weighted by Gasteiger charge is 2.34. The summed E-state index contributed by atoms with van der Waals surface area (Å²) in [5.41, 5.74) is 7.03. The number of hydrogen-bond donors (Lipinski definition) is 1. The molecule has 0 radical (unpaired) electrons. The fraction of sp³-hybridized carbons (Fsp3) is 0.333. The Hall–Kier alpha value is -4.16. The number of pyridine rings is 1. The van der Waals surface area contributed by atoms with Gasteiger partial charge in [0.2, 0.25) is 11.8 Å². The maximum Gasteiger partial charge on any atom is 0.573 e. The molecular formula is C24H23F4N5O4. The van der Waals surface area contributed by atoms with Crippen LogP contribution in [0, 0.1) is 0 Å². The Morgan fingerprint density at radius 1 is 1.19 bits per heavy atom. The molecule has 9 nitrogen and oxygen atoms in total. The van der Waals surface area contributed by atoms with Crippen LogP contribution in [-0.2, 0) is 18.3 Å². The van der Waals surface area contributed by atoms with Crippen LogP contribution < -0.4 is 15.2 Å². The molecule has 1 aliphatic rings. The number of primary amides is 1. The number of aromatic nitrogens is 3. The van der Waals surface area contributed by atoms with Crippen molar-refractivity contribution in [1.29, 1.82) is 0 Å². The monoisotopic (exact) mass is 521 g/mol. The van der Waals surface area contributed by atoms with E-state index in [1.54, 1.807) is 24.1 Å². The van der Waals surface area contributed by atoms with E-state index in [0.29, 0.717) is 16.8 Å². The van der Waals surface area contributed by atoms with Crippen molar-refractivity contribution in [3.63, 3.8) is 0 Å². The van der Waals surface area contributed by atoms with E-state index in [9.17, 15) is 27.2 Å². The smallest absolute Gasteiger partial charge is 0.471 e. The average molecular weight is 521 g/mol. The van der Waals surface area contributed by atoms with Crippen molar-refractivity contribution in [2.45, 2.75) is 31.5 Å². The molecule has 1 aliphatic heterocycles. The third kappa shape index (κ3) is 6.54. The average Bonchev–Trinajstić information content (AvgIpc) is 3.27. The standard InChI is InChI=1S/C24H23F4N5O4/c1-32-12-19(31-13-32)15-9-17(22(29)35)23(30-10-15)36-20-6-7-33(11-18(20)25)21(34)8-14-2-4-16(5-3-14)37-24(26,27)28/h2-5,9-10,12-13,18,20H,6-8,11H2,1H3,(H2,29,35)/t18-,20+/m1/s1. The minimum Gasteiger partial charge on any atom is -0.471 e. The minimum absolute atomic E-state index is 0.0215. The van der Waals surface area contributed by atoms with Crippen molar-refractivity contribution in [1.82, 2.24) is 19.4 Å². The lowest BCUT2D eigenvalue weighted by atomic mass is 10.0. The molecule has 4 rings (SSSR count). The first-order valence-corrected chi connectivity index (χ1v) is 11.2. The van der Waals surface area contributed by atoms with Gasteiger partial charge in [-0.1, -0.05) is 12.1 Å². The second kappa shape index (κ2) is 10.4. The second-order valence-electron chi connectivity index (χ2n) is 8.53. The summed E-state index contributed by atoms with van der Waals surface area (Å²) in [6.07, 6.45) is -2.57. The highest BCUT2D eigenvalue weighted by Crippen LogP contribution is 2.27. The summed E-state index contributed by atoms with van der Waals surface area (Å²) in [6.45, 7) is -0.0756. The molecule has 0 unspecified atom stereocenters. The van der Waals surface area contributed by atoms with E-state index in [0.717, 1.165) is 12.1 Å². The van der Waals surface area contributed by atoms with Gasteiger partial charge in [-0.25, -0.2) is 14.4 Å². The lowest BCUT2D eigenvalue weighted by molar-refractivity contribution is -0.274. The summed E-state index contributed by atoms with van der Waals surface area (Å²) in [4.78, 5) is 34.3. The van der Waals surface area contributed by atoms with Crippen molar-refractivity contribution in [3.05, 3.63) is 60.2 Å². The number of imidazole rings is 1. The van der Waals surface area contributed by atoms with Crippen LogP contribution in [-0.4, -0.2) is 63.0 Å². The molecule has 1 aromatic carbocycles. The number of ether oxygens (including phenoxy) is 2. The van der Waals surface area contributed by atoms with Crippen LogP contribution in [0.3, 0.4) is 0 Å². The molecular weight excluding hydrogens is 498 g/mol. The fourth-order valence-electron chi connectivity index (χ4n) is 3.91. The largest absolute Gasteiger partial charge is 0.573 e. The number of halogens is 4. The van der Waals surface area contributed by atoms with Crippen LogP contribution in [0.15, 0.2) is 49.1 Å². The number of amides is 2. The van der Waals surface area contributed by atoms with E-state index >= 15 is 0 Å². The predicted octanol–water partition coefficient (Wildman–Crippen LogP) is 3.04. The zero-order chi connectivity index (χ0) is 26.7. The third-order valence-electron chi connectivity index (χ3n) is 5.73. The number of rotatable bonds is 7. The number of alkyl halides is 4. The Balaban J connectivity index is 1.37. The highest BCUT2D eigenvalue weighted by molar-refractivity contribution is 5.96. The highest BCUT2D eigenvalue weighted by atomic mass is 19.4. The van der Waals surface area contributed by atoms with Crippen LogP contribution in [0.5, 0.6) is 11.6 Å². The predicted molar refractivity (Wildman–Crippen MR) is 122 cm³/mol. The lowest BCUT2D eigenvalue weighted by Crippen LogP contribution is -2.49. The molecule has 13 heteroatoms. The normalized spacial score (nSPS) is 17.9. The quantitative estimate of drug-likeness (QED) is 0.479. The van der Waals surface area contributed by atoms with E-state index in [1.165, 1.54) is 29.3 Å². The topological polar surface area (TPSA) is 113 Å². The first-order valence-electron chi connectivity index (χ1n) is 11.2. The zero-order valence-electron chi connectivity index (χ0n) is 19.6. The van der Waals surface area contributed by atoms with E-state index in [2.05, 4.69) is 14.7 Å². The number of carbonyl (C=O) groups is 2. The van der Waals surface area contributed by atoms with Crippen LogP contribution in [0.2, 0.25) is 0 Å². The summed E-state index contributed by atoms with van der Waals surface area (Å²) < 4.78 is 63.1. The number of piperidine rings is 1. The minimum atomic E-state index is -4.81. The van der Waals surface area contributed by atoms with E-state index in [1.807, 2.05) is 0 Å². The Morgan fingerprint density at radius 3 is 2.51 bits per heavy atom. The van der Waals surface area contributed by atoms with E-state index in [-0.39, 0.29) is 43.3 Å². The van der Waals surface area contributed by atoms with Crippen molar-refractivity contribution in [2.24, 2.45) is 12.8 Å². The van der Waals surface area contributed by atoms with Gasteiger partial charge < -0.3 is 24.7 Å². The van der Waals surface area contributed by atoms with Gasteiger partial charge in [-0.05, 0) is 23.8 Å². The van der Waals surface area contributed by atoms with Gasteiger partial charge in [0.25, 0.3) is 5.91 Å². The molecule has 0 bridgehead atoms. The first-order chi connectivity index (χ1) is 17.5. The maximum atomic E-state index is 15.0. The molecule has 3 aromatic rings. The summed E-state index contributed by atoms with van der Waals surface area (Å²) in [5.74, 6) is -1.69. The number of benzene rings is 1. The summed E-state index contributed by atoms with van der Waals surface area (Å²) in [7, 11) is 1.79. The van der Waals surface area contributed by atoms with Crippen LogP contribution in [0.25, 0.3) is 11.3 Å². The maximum absolute atomic E-state index is 15.0. The van der Waals surface area contributed by atoms with Crippen LogP contribution in [0.4, 0.5) is 17.6 Å². The van der Waals surface area contributed by atoms with E-state index < -0.39 is 30.3 Å². The molecule has 196 valence electrons. The molecule has 2 atom stereocenters. The van der Waals surface area contributed by atoms with E-state index in [4.69, 9.17) is 10.5 Å². The molecule has 0 spiro atoms. The molecule has 2 amide bonds. The number of hydrogen-bond acceptors (Lipinski definition) is 6. The Labute approximate surface area is 208 Å². The van der Waals surface area contributed by atoms with Gasteiger partial charge in [-0.15, -0.1) is 13.2 Å². The van der Waals surface area contributed by atoms with Gasteiger partial charge in [0.1, 0.15) is 17.4 Å². The number of carbonyl (C=O) groups excluding carboxylic acids is 2. The van der Waals surface area contributed by atoms with Gasteiger partial charge >= 0.3 is 6.36 Å². The number of likely N-dealkylation sites (tertiary alicyclic amines) is 1. The van der Waals surface area contributed by atoms with Crippen molar-refractivity contribution in [2.75, 3.05) is 13.1 Å². The molecule has 2 aromatic heterocycles. The zero-order valence-corrected chi connectivity index (χ0v) is 19.6. The van der Waals surface area contributed by atoms with Crippen LogP contribution in [0.1, 0.15) is 22.3 Å². The second-order valence-corrected chi connectivity index (χ2v) is 8.53. The molecule has 3 heterocycles. The summed E-state index contributed by atoms with van der Waals surface area (Å²) in [6, 6.07) is 6.37. The first kappa shape index (κ1) is 25.9. The lowest BCUT2D eigenvalue weighted by Gasteiger charge is -2.34. The van der Waals surface area contributed by atoms with Gasteiger partial charge in [0, 0.05) is 38.0 Å². The van der Waals surface area contributed by atoms with Crippen LogP contribution >= 0.6 is 0 Å². The Kier molecular flexibility index (Phi) is 7.32.